The first-order valence-electron chi connectivity index (χ1n) is 7.86. The summed E-state index contributed by atoms with van der Waals surface area (Å²) >= 11 is 0. The molecular weight excluding hydrogens is 292 g/mol. The Morgan fingerprint density at radius 3 is 2.96 bits per heavy atom. The number of likely N-dealkylation sites (tertiary alicyclic amines) is 1. The number of nitrogens with zero attached hydrogens (tertiary/aromatic N) is 2. The lowest BCUT2D eigenvalue weighted by molar-refractivity contribution is -0.135. The maximum Gasteiger partial charge on any atom is 0.242 e. The standard InChI is InChI=1S/C17H20N4O2/c22-12-18-11-16(23)21-9-5-4-8-15(21)17-19-10-14(20-17)13-6-2-1-3-7-13/h1-3,6-7,10,12,15H,4-5,8-9,11H2,(H,18,22)(H,19,20). The summed E-state index contributed by atoms with van der Waals surface area (Å²) in [5, 5.41) is 2.45. The molecule has 2 amide bonds. The molecule has 1 fully saturated rings. The molecule has 6 heteroatoms. The van der Waals surface area contributed by atoms with Gasteiger partial charge in [0.15, 0.2) is 0 Å². The topological polar surface area (TPSA) is 78.1 Å². The van der Waals surface area contributed by atoms with Gasteiger partial charge in [0, 0.05) is 6.54 Å². The SMILES string of the molecule is O=CNCC(=O)N1CCCCC1c1ncc(-c2ccccc2)[nH]1. The fraction of sp³-hybridized carbons (Fsp3) is 0.353. The molecule has 1 unspecified atom stereocenters. The van der Waals surface area contributed by atoms with Gasteiger partial charge < -0.3 is 15.2 Å². The van der Waals surface area contributed by atoms with Crippen molar-refractivity contribution >= 4 is 12.3 Å². The lowest BCUT2D eigenvalue weighted by Gasteiger charge is -2.34. The minimum Gasteiger partial charge on any atom is -0.350 e. The van der Waals surface area contributed by atoms with Crippen molar-refractivity contribution in [1.29, 1.82) is 0 Å². The Kier molecular flexibility index (Phi) is 4.71. The number of benzene rings is 1. The van der Waals surface area contributed by atoms with Crippen LogP contribution in [-0.2, 0) is 9.59 Å². The van der Waals surface area contributed by atoms with Gasteiger partial charge in [-0.2, -0.15) is 0 Å². The number of imidazole rings is 1. The van der Waals surface area contributed by atoms with Gasteiger partial charge in [-0.25, -0.2) is 4.98 Å². The molecule has 1 saturated heterocycles. The zero-order chi connectivity index (χ0) is 16.1. The van der Waals surface area contributed by atoms with Crippen molar-refractivity contribution in [2.75, 3.05) is 13.1 Å². The average Bonchev–Trinajstić information content (AvgIpc) is 3.10. The highest BCUT2D eigenvalue weighted by molar-refractivity contribution is 5.80. The van der Waals surface area contributed by atoms with Gasteiger partial charge in [0.05, 0.1) is 24.5 Å². The van der Waals surface area contributed by atoms with Crippen LogP contribution >= 0.6 is 0 Å². The van der Waals surface area contributed by atoms with E-state index in [1.165, 1.54) is 0 Å². The summed E-state index contributed by atoms with van der Waals surface area (Å²) in [5.74, 6) is 0.738. The van der Waals surface area contributed by atoms with Crippen LogP contribution in [0.1, 0.15) is 31.1 Å². The molecule has 2 aromatic rings. The summed E-state index contributed by atoms with van der Waals surface area (Å²) in [7, 11) is 0. The second-order valence-corrected chi connectivity index (χ2v) is 5.65. The number of piperidine rings is 1. The van der Waals surface area contributed by atoms with E-state index in [1.54, 1.807) is 0 Å². The van der Waals surface area contributed by atoms with Gasteiger partial charge >= 0.3 is 0 Å². The number of carbonyl (C=O) groups is 2. The van der Waals surface area contributed by atoms with Crippen LogP contribution < -0.4 is 5.32 Å². The third-order valence-corrected chi connectivity index (χ3v) is 4.16. The highest BCUT2D eigenvalue weighted by atomic mass is 16.2. The number of amides is 2. The Labute approximate surface area is 134 Å². The Bertz CT molecular complexity index is 668. The van der Waals surface area contributed by atoms with Crippen LogP contribution in [0.4, 0.5) is 0 Å². The summed E-state index contributed by atoms with van der Waals surface area (Å²) in [4.78, 5) is 32.3. The molecule has 1 aliphatic rings. The van der Waals surface area contributed by atoms with Gasteiger partial charge in [0.1, 0.15) is 5.82 Å². The Hall–Kier alpha value is -2.63. The van der Waals surface area contributed by atoms with Crippen molar-refractivity contribution in [3.63, 3.8) is 0 Å². The first-order valence-corrected chi connectivity index (χ1v) is 7.86. The minimum absolute atomic E-state index is 0.0340. The van der Waals surface area contributed by atoms with Crippen molar-refractivity contribution in [1.82, 2.24) is 20.2 Å². The largest absolute Gasteiger partial charge is 0.350 e. The molecule has 0 bridgehead atoms. The van der Waals surface area contributed by atoms with E-state index in [9.17, 15) is 9.59 Å². The van der Waals surface area contributed by atoms with Crippen LogP contribution in [0, 0.1) is 0 Å². The maximum atomic E-state index is 12.3. The normalized spacial score (nSPS) is 17.7. The predicted octanol–water partition coefficient (Wildman–Crippen LogP) is 1.88. The highest BCUT2D eigenvalue weighted by Crippen LogP contribution is 2.30. The molecule has 2 N–H and O–H groups in total. The van der Waals surface area contributed by atoms with E-state index in [0.717, 1.165) is 36.3 Å². The van der Waals surface area contributed by atoms with Crippen LogP contribution in [-0.4, -0.2) is 40.3 Å². The molecule has 2 heterocycles. The fourth-order valence-electron chi connectivity index (χ4n) is 3.02. The van der Waals surface area contributed by atoms with Gasteiger partial charge in [0.25, 0.3) is 0 Å². The van der Waals surface area contributed by atoms with Crippen LogP contribution in [0.25, 0.3) is 11.3 Å². The maximum absolute atomic E-state index is 12.3. The molecule has 0 spiro atoms. The second kappa shape index (κ2) is 7.09. The molecule has 1 atom stereocenters. The van der Waals surface area contributed by atoms with E-state index < -0.39 is 0 Å². The van der Waals surface area contributed by atoms with Crippen molar-refractivity contribution < 1.29 is 9.59 Å². The fourth-order valence-corrected chi connectivity index (χ4v) is 3.02. The highest BCUT2D eigenvalue weighted by Gasteiger charge is 2.29. The number of H-pyrrole nitrogens is 1. The molecule has 0 saturated carbocycles. The molecule has 1 aromatic heterocycles. The van der Waals surface area contributed by atoms with E-state index in [1.807, 2.05) is 41.4 Å². The quantitative estimate of drug-likeness (QED) is 0.827. The average molecular weight is 312 g/mol. The van der Waals surface area contributed by atoms with E-state index in [-0.39, 0.29) is 18.5 Å². The lowest BCUT2D eigenvalue weighted by atomic mass is 10.0. The van der Waals surface area contributed by atoms with Crippen molar-refractivity contribution in [3.05, 3.63) is 42.4 Å². The van der Waals surface area contributed by atoms with E-state index in [4.69, 9.17) is 0 Å². The summed E-state index contributed by atoms with van der Waals surface area (Å²) < 4.78 is 0. The van der Waals surface area contributed by atoms with Crippen molar-refractivity contribution in [2.45, 2.75) is 25.3 Å². The second-order valence-electron chi connectivity index (χ2n) is 5.65. The van der Waals surface area contributed by atoms with Crippen LogP contribution in [0.5, 0.6) is 0 Å². The third kappa shape index (κ3) is 3.41. The van der Waals surface area contributed by atoms with E-state index >= 15 is 0 Å². The Morgan fingerprint density at radius 2 is 2.17 bits per heavy atom. The van der Waals surface area contributed by atoms with Crippen LogP contribution in [0.2, 0.25) is 0 Å². The zero-order valence-corrected chi connectivity index (χ0v) is 12.9. The number of carbonyl (C=O) groups excluding carboxylic acids is 2. The predicted molar refractivity (Wildman–Crippen MR) is 86.4 cm³/mol. The molecule has 3 rings (SSSR count). The summed E-state index contributed by atoms with van der Waals surface area (Å²) in [5.41, 5.74) is 2.02. The number of aromatic nitrogens is 2. The molecule has 120 valence electrons. The minimum atomic E-state index is -0.0699. The molecule has 6 nitrogen and oxygen atoms in total. The lowest BCUT2D eigenvalue weighted by Crippen LogP contribution is -2.43. The molecule has 23 heavy (non-hydrogen) atoms. The molecular formula is C17H20N4O2. The van der Waals surface area contributed by atoms with Gasteiger partial charge in [-0.1, -0.05) is 30.3 Å². The summed E-state index contributed by atoms with van der Waals surface area (Å²) in [6.07, 6.45) is 5.30. The van der Waals surface area contributed by atoms with Crippen molar-refractivity contribution in [3.8, 4) is 11.3 Å². The smallest absolute Gasteiger partial charge is 0.242 e. The number of rotatable bonds is 5. The van der Waals surface area contributed by atoms with Gasteiger partial charge in [-0.15, -0.1) is 0 Å². The van der Waals surface area contributed by atoms with Crippen LogP contribution in [0.15, 0.2) is 36.5 Å². The Balaban J connectivity index is 1.79. The molecule has 0 radical (unpaired) electrons. The van der Waals surface area contributed by atoms with Gasteiger partial charge in [-0.3, -0.25) is 9.59 Å². The third-order valence-electron chi connectivity index (χ3n) is 4.16. The number of hydrogen-bond acceptors (Lipinski definition) is 3. The zero-order valence-electron chi connectivity index (χ0n) is 12.9. The number of nitrogens with one attached hydrogen (secondary N) is 2. The summed E-state index contributed by atoms with van der Waals surface area (Å²) in [6, 6.07) is 9.93. The number of aromatic amines is 1. The van der Waals surface area contributed by atoms with Crippen molar-refractivity contribution in [2.24, 2.45) is 0 Å². The Morgan fingerprint density at radius 1 is 1.35 bits per heavy atom. The molecule has 0 aliphatic carbocycles. The summed E-state index contributed by atoms with van der Waals surface area (Å²) in [6.45, 7) is 0.734. The van der Waals surface area contributed by atoms with E-state index in [2.05, 4.69) is 15.3 Å². The van der Waals surface area contributed by atoms with Crippen LogP contribution in [0.3, 0.4) is 0 Å². The molecule has 1 aliphatic heterocycles. The number of hydrogen-bond donors (Lipinski definition) is 2. The first-order chi connectivity index (χ1) is 11.3. The molecule has 1 aromatic carbocycles. The van der Waals surface area contributed by atoms with Gasteiger partial charge in [0.2, 0.25) is 12.3 Å². The first kappa shape index (κ1) is 15.3. The van der Waals surface area contributed by atoms with E-state index in [0.29, 0.717) is 13.0 Å². The van der Waals surface area contributed by atoms with Gasteiger partial charge in [-0.05, 0) is 24.8 Å². The monoisotopic (exact) mass is 312 g/mol.